The van der Waals surface area contributed by atoms with Crippen LogP contribution in [0, 0.1) is 0 Å². The molecule has 1 aliphatic heterocycles. The fraction of sp³-hybridized carbons (Fsp3) is 0.0130. The Morgan fingerprint density at radius 2 is 0.914 bits per heavy atom. The molecule has 0 unspecified atom stereocenters. The van der Waals surface area contributed by atoms with Gasteiger partial charge >= 0.3 is 0 Å². The summed E-state index contributed by atoms with van der Waals surface area (Å²) in [7, 11) is 0. The van der Waals surface area contributed by atoms with Crippen LogP contribution in [0.25, 0.3) is 132 Å². The summed E-state index contributed by atoms with van der Waals surface area (Å²) in [5, 5.41) is 9.51. The number of rotatable bonds is 5. The molecule has 81 heavy (non-hydrogen) atoms. The average Bonchev–Trinajstić information content (AvgIpc) is 1.83. The van der Waals surface area contributed by atoms with Crippen molar-refractivity contribution in [2.24, 2.45) is 0 Å². The van der Waals surface area contributed by atoms with Crippen LogP contribution in [-0.2, 0) is 5.41 Å². The van der Waals surface area contributed by atoms with E-state index in [2.05, 4.69) is 281 Å². The maximum atomic E-state index is 6.82. The average molecular weight is 1030 g/mol. The van der Waals surface area contributed by atoms with Crippen LogP contribution in [0.4, 0.5) is 17.1 Å². The van der Waals surface area contributed by atoms with Crippen molar-refractivity contribution in [2.45, 2.75) is 5.41 Å². The van der Waals surface area contributed by atoms with Crippen LogP contribution in [0.1, 0.15) is 22.3 Å². The number of para-hydroxylation sites is 5. The summed E-state index contributed by atoms with van der Waals surface area (Å²) in [6, 6.07) is 102. The molecule has 1 spiro atoms. The molecular formula is C77H45N3O. The Morgan fingerprint density at radius 3 is 1.75 bits per heavy atom. The SMILES string of the molecule is c1ccc(-n2c3ccccc3c3ccc(N(c4ccc5cc(-c6ccc7c(c6)-c6cccc8c6-c6c(ccc9c%10ccccc%10n-7c69)C86c7ccccc7-c7ccccc76)ccc5c4)c4cccc5c4oc4ccccc45)cc32)cc1. The van der Waals surface area contributed by atoms with E-state index in [1.807, 2.05) is 6.07 Å². The maximum absolute atomic E-state index is 6.82. The second kappa shape index (κ2) is 15.8. The van der Waals surface area contributed by atoms with Crippen molar-refractivity contribution in [3.8, 4) is 55.9 Å². The van der Waals surface area contributed by atoms with Crippen molar-refractivity contribution < 1.29 is 4.42 Å². The first-order valence-electron chi connectivity index (χ1n) is 28.1. The number of anilines is 3. The van der Waals surface area contributed by atoms with E-state index in [1.165, 1.54) is 116 Å². The van der Waals surface area contributed by atoms with E-state index >= 15 is 0 Å². The van der Waals surface area contributed by atoms with E-state index in [4.69, 9.17) is 4.42 Å². The van der Waals surface area contributed by atoms with Crippen molar-refractivity contribution in [1.82, 2.24) is 9.13 Å². The van der Waals surface area contributed by atoms with Crippen LogP contribution in [0.2, 0.25) is 0 Å². The number of fused-ring (bicyclic) bond motifs is 20. The third kappa shape index (κ3) is 5.58. The molecule has 19 rings (SSSR count). The molecule has 0 N–H and O–H groups in total. The van der Waals surface area contributed by atoms with E-state index < -0.39 is 5.41 Å². The van der Waals surface area contributed by atoms with Crippen LogP contribution >= 0.6 is 0 Å². The lowest BCUT2D eigenvalue weighted by atomic mass is 9.70. The quantitative estimate of drug-likeness (QED) is 0.172. The predicted octanol–water partition coefficient (Wildman–Crippen LogP) is 20.4. The molecule has 16 aromatic rings. The highest BCUT2D eigenvalue weighted by molar-refractivity contribution is 6.20. The molecule has 0 radical (unpaired) electrons. The van der Waals surface area contributed by atoms with Crippen molar-refractivity contribution in [3.63, 3.8) is 0 Å². The van der Waals surface area contributed by atoms with E-state index in [0.717, 1.165) is 55.6 Å². The molecule has 4 heteroatoms. The van der Waals surface area contributed by atoms with Crippen molar-refractivity contribution in [2.75, 3.05) is 4.90 Å². The highest BCUT2D eigenvalue weighted by atomic mass is 16.3. The molecule has 0 atom stereocenters. The van der Waals surface area contributed by atoms with Gasteiger partial charge in [0, 0.05) is 60.5 Å². The molecule has 0 saturated carbocycles. The summed E-state index contributed by atoms with van der Waals surface area (Å²) in [5.41, 5.74) is 27.2. The first-order chi connectivity index (χ1) is 40.2. The molecule has 13 aromatic carbocycles. The number of aromatic nitrogens is 2. The first kappa shape index (κ1) is 43.3. The van der Waals surface area contributed by atoms with Crippen molar-refractivity contribution in [3.05, 3.63) is 295 Å². The van der Waals surface area contributed by atoms with Crippen LogP contribution < -0.4 is 4.90 Å². The van der Waals surface area contributed by atoms with Crippen LogP contribution in [0.15, 0.2) is 277 Å². The summed E-state index contributed by atoms with van der Waals surface area (Å²) in [5.74, 6) is 0. The standard InChI is InChI=1S/C77H45N3O/c1-2-16-50(17-3-1)79-67-28-11-6-20-55(67)57-38-37-52(45-71(57)79)78(70-30-15-24-61-58-22-8-13-31-72(58)81-76(61)70)51-36-34-47-42-46(32-33-48(47)43-51)49-35-41-69-62(44-49)59-23-14-27-65-73(59)74-66(40-39-60-56-21-7-12-29-68(56)80(69)75(60)74)77(65)63-25-9-4-18-53(63)54-19-5-10-26-64(54)77/h1-45H. The number of furan rings is 1. The Morgan fingerprint density at radius 1 is 0.333 bits per heavy atom. The van der Waals surface area contributed by atoms with E-state index in [1.54, 1.807) is 0 Å². The summed E-state index contributed by atoms with van der Waals surface area (Å²) in [6.07, 6.45) is 0. The summed E-state index contributed by atoms with van der Waals surface area (Å²) < 4.78 is 11.8. The molecule has 0 fully saturated rings. The minimum Gasteiger partial charge on any atom is -0.454 e. The highest BCUT2D eigenvalue weighted by Crippen LogP contribution is 2.66. The smallest absolute Gasteiger partial charge is 0.159 e. The number of hydrogen-bond acceptors (Lipinski definition) is 2. The van der Waals surface area contributed by atoms with Gasteiger partial charge in [0.25, 0.3) is 0 Å². The van der Waals surface area contributed by atoms with E-state index in [9.17, 15) is 0 Å². The summed E-state index contributed by atoms with van der Waals surface area (Å²) in [4.78, 5) is 2.38. The molecule has 374 valence electrons. The van der Waals surface area contributed by atoms with Gasteiger partial charge in [0.15, 0.2) is 5.58 Å². The van der Waals surface area contributed by atoms with Gasteiger partial charge in [-0.25, -0.2) is 0 Å². The molecule has 0 bridgehead atoms. The molecule has 3 aliphatic rings. The Bertz CT molecular complexity index is 5390. The monoisotopic (exact) mass is 1030 g/mol. The Hall–Kier alpha value is -10.7. The first-order valence-corrected chi connectivity index (χ1v) is 28.1. The minimum atomic E-state index is -0.446. The zero-order chi connectivity index (χ0) is 52.7. The number of hydrogen-bond donors (Lipinski definition) is 0. The van der Waals surface area contributed by atoms with Crippen LogP contribution in [0.3, 0.4) is 0 Å². The zero-order valence-electron chi connectivity index (χ0n) is 43.7. The topological polar surface area (TPSA) is 26.2 Å². The van der Waals surface area contributed by atoms with Gasteiger partial charge in [0.05, 0.1) is 38.9 Å². The Kier molecular flexibility index (Phi) is 8.42. The highest BCUT2D eigenvalue weighted by Gasteiger charge is 2.53. The van der Waals surface area contributed by atoms with Gasteiger partial charge in [0.2, 0.25) is 0 Å². The molecule has 4 nitrogen and oxygen atoms in total. The largest absolute Gasteiger partial charge is 0.454 e. The summed E-state index contributed by atoms with van der Waals surface area (Å²) in [6.45, 7) is 0. The number of nitrogens with zero attached hydrogens (tertiary/aromatic N) is 3. The maximum Gasteiger partial charge on any atom is 0.159 e. The van der Waals surface area contributed by atoms with E-state index in [0.29, 0.717) is 0 Å². The van der Waals surface area contributed by atoms with Gasteiger partial charge < -0.3 is 18.5 Å². The van der Waals surface area contributed by atoms with Crippen molar-refractivity contribution >= 4 is 93.4 Å². The second-order valence-electron chi connectivity index (χ2n) is 22.3. The van der Waals surface area contributed by atoms with Gasteiger partial charge in [0.1, 0.15) is 5.58 Å². The van der Waals surface area contributed by atoms with Crippen molar-refractivity contribution in [1.29, 1.82) is 0 Å². The van der Waals surface area contributed by atoms with Gasteiger partial charge in [-0.1, -0.05) is 194 Å². The molecule has 2 aliphatic carbocycles. The van der Waals surface area contributed by atoms with Gasteiger partial charge in [-0.2, -0.15) is 0 Å². The molecule has 0 amide bonds. The normalized spacial score (nSPS) is 13.3. The van der Waals surface area contributed by atoms with Gasteiger partial charge in [-0.3, -0.25) is 0 Å². The van der Waals surface area contributed by atoms with E-state index in [-0.39, 0.29) is 0 Å². The Balaban J connectivity index is 0.795. The third-order valence-electron chi connectivity index (χ3n) is 18.4. The fourth-order valence-electron chi connectivity index (χ4n) is 15.2. The predicted molar refractivity (Wildman–Crippen MR) is 335 cm³/mol. The molecule has 0 saturated heterocycles. The fourth-order valence-corrected chi connectivity index (χ4v) is 15.2. The lowest BCUT2D eigenvalue weighted by molar-refractivity contribution is 0.669. The van der Waals surface area contributed by atoms with Crippen LogP contribution in [-0.4, -0.2) is 9.13 Å². The second-order valence-corrected chi connectivity index (χ2v) is 22.3. The summed E-state index contributed by atoms with van der Waals surface area (Å²) >= 11 is 0. The van der Waals surface area contributed by atoms with Gasteiger partial charge in [-0.05, 0) is 145 Å². The van der Waals surface area contributed by atoms with Gasteiger partial charge in [-0.15, -0.1) is 0 Å². The zero-order valence-corrected chi connectivity index (χ0v) is 43.7. The van der Waals surface area contributed by atoms with Crippen LogP contribution in [0.5, 0.6) is 0 Å². The lowest BCUT2D eigenvalue weighted by Gasteiger charge is -2.31. The third-order valence-corrected chi connectivity index (χ3v) is 18.4. The molecular weight excluding hydrogens is 983 g/mol. The molecule has 4 heterocycles. The number of benzene rings is 13. The Labute approximate surface area is 465 Å². The minimum absolute atomic E-state index is 0.446. The molecule has 3 aromatic heterocycles. The lowest BCUT2D eigenvalue weighted by Crippen LogP contribution is -2.25.